The minimum atomic E-state index is -0.137. The van der Waals surface area contributed by atoms with Gasteiger partial charge in [-0.3, -0.25) is 9.69 Å². The van der Waals surface area contributed by atoms with Crippen molar-refractivity contribution in [3.63, 3.8) is 0 Å². The smallest absolute Gasteiger partial charge is 0.266 e. The van der Waals surface area contributed by atoms with Crippen molar-refractivity contribution in [2.75, 3.05) is 4.90 Å². The van der Waals surface area contributed by atoms with Crippen LogP contribution in [0.1, 0.15) is 10.4 Å². The maximum atomic E-state index is 13.2. The van der Waals surface area contributed by atoms with Crippen molar-refractivity contribution in [1.29, 1.82) is 0 Å². The molecule has 1 aliphatic heterocycles. The van der Waals surface area contributed by atoms with E-state index < -0.39 is 0 Å². The summed E-state index contributed by atoms with van der Waals surface area (Å²) >= 11 is 8.64. The number of rotatable bonds is 3. The molecule has 0 spiro atoms. The molecule has 2 heterocycles. The van der Waals surface area contributed by atoms with Crippen LogP contribution in [0.5, 0.6) is 0 Å². The topological polar surface area (TPSA) is 32.7 Å². The van der Waals surface area contributed by atoms with E-state index in [2.05, 4.69) is 36.9 Å². The van der Waals surface area contributed by atoms with Gasteiger partial charge >= 0.3 is 0 Å². The minimum absolute atomic E-state index is 0.137. The molecule has 1 aliphatic rings. The van der Waals surface area contributed by atoms with Gasteiger partial charge in [0.2, 0.25) is 0 Å². The van der Waals surface area contributed by atoms with Crippen LogP contribution >= 0.6 is 43.2 Å². The Morgan fingerprint density at radius 1 is 1.00 bits per heavy atom. The predicted octanol–water partition coefficient (Wildman–Crippen LogP) is 6.11. The molecule has 4 rings (SSSR count). The van der Waals surface area contributed by atoms with Crippen LogP contribution in [0.2, 0.25) is 0 Å². The Morgan fingerprint density at radius 2 is 1.85 bits per heavy atom. The quantitative estimate of drug-likeness (QED) is 0.410. The Bertz CT molecular complexity index is 1040. The zero-order valence-corrected chi connectivity index (χ0v) is 17.4. The highest BCUT2D eigenvalue weighted by Gasteiger charge is 2.33. The second-order valence-electron chi connectivity index (χ2n) is 5.58. The number of thiophene rings is 1. The molecule has 0 N–H and O–H groups in total. The summed E-state index contributed by atoms with van der Waals surface area (Å²) in [6.07, 6.45) is 1.84. The number of benzene rings is 2. The van der Waals surface area contributed by atoms with Crippen LogP contribution in [-0.4, -0.2) is 11.7 Å². The Morgan fingerprint density at radius 3 is 2.58 bits per heavy atom. The number of nitrogens with zero attached hydrogens (tertiary/aromatic N) is 2. The summed E-state index contributed by atoms with van der Waals surface area (Å²) in [5, 5.41) is 1.98. The van der Waals surface area contributed by atoms with Crippen molar-refractivity contribution in [1.82, 2.24) is 0 Å². The lowest BCUT2D eigenvalue weighted by Gasteiger charge is -2.19. The summed E-state index contributed by atoms with van der Waals surface area (Å²) in [6, 6.07) is 19.4. The SMILES string of the molecule is O=C1/C(=C\c2cccs2)N=C(c2ccccc2Br)N1c1cccc(Br)c1. The normalized spacial score (nSPS) is 15.6. The fraction of sp³-hybridized carbons (Fsp3) is 0. The van der Waals surface area contributed by atoms with Crippen LogP contribution in [0.15, 0.2) is 85.7 Å². The summed E-state index contributed by atoms with van der Waals surface area (Å²) in [4.78, 5) is 20.5. The molecule has 0 saturated heterocycles. The van der Waals surface area contributed by atoms with Gasteiger partial charge in [-0.25, -0.2) is 4.99 Å². The lowest BCUT2D eigenvalue weighted by atomic mass is 10.2. The van der Waals surface area contributed by atoms with E-state index in [4.69, 9.17) is 0 Å². The third kappa shape index (κ3) is 3.32. The fourth-order valence-electron chi connectivity index (χ4n) is 2.70. The third-order valence-corrected chi connectivity index (χ3v) is 5.87. The molecule has 0 aliphatic carbocycles. The van der Waals surface area contributed by atoms with Crippen molar-refractivity contribution in [3.8, 4) is 0 Å². The van der Waals surface area contributed by atoms with Crippen LogP contribution < -0.4 is 4.90 Å². The Labute approximate surface area is 172 Å². The number of anilines is 1. The van der Waals surface area contributed by atoms with Crippen molar-refractivity contribution >= 4 is 66.7 Å². The van der Waals surface area contributed by atoms with E-state index in [1.54, 1.807) is 16.2 Å². The van der Waals surface area contributed by atoms with Gasteiger partial charge < -0.3 is 0 Å². The summed E-state index contributed by atoms with van der Waals surface area (Å²) in [7, 11) is 0. The van der Waals surface area contributed by atoms with Gasteiger partial charge in [-0.1, -0.05) is 62.2 Å². The molecule has 6 heteroatoms. The van der Waals surface area contributed by atoms with Crippen molar-refractivity contribution in [2.45, 2.75) is 0 Å². The zero-order chi connectivity index (χ0) is 18.1. The molecule has 2 aromatic carbocycles. The van der Waals surface area contributed by atoms with Gasteiger partial charge in [0.05, 0.1) is 5.69 Å². The molecule has 0 saturated carbocycles. The molecular weight excluding hydrogens is 476 g/mol. The standard InChI is InChI=1S/C20H12Br2N2OS/c21-13-5-3-6-14(11-13)24-19(16-8-1-2-9-17(16)22)23-18(20(24)25)12-15-7-4-10-26-15/h1-12H/b18-12+. The number of halogens is 2. The number of amides is 1. The van der Waals surface area contributed by atoms with Crippen LogP contribution in [0, 0.1) is 0 Å². The second-order valence-corrected chi connectivity index (χ2v) is 8.33. The number of amidine groups is 1. The molecule has 1 amide bonds. The van der Waals surface area contributed by atoms with Gasteiger partial charge in [-0.15, -0.1) is 11.3 Å². The monoisotopic (exact) mass is 486 g/mol. The molecule has 3 nitrogen and oxygen atoms in total. The number of carbonyl (C=O) groups is 1. The van der Waals surface area contributed by atoms with Crippen LogP contribution in [-0.2, 0) is 4.79 Å². The first-order valence-electron chi connectivity index (χ1n) is 7.82. The molecule has 0 fully saturated rings. The first kappa shape index (κ1) is 17.4. The van der Waals surface area contributed by atoms with E-state index in [1.807, 2.05) is 72.1 Å². The number of aliphatic imine (C=N–C) groups is 1. The largest absolute Gasteiger partial charge is 0.282 e. The Kier molecular flexibility index (Phi) is 4.89. The van der Waals surface area contributed by atoms with Gasteiger partial charge in [0.25, 0.3) is 5.91 Å². The maximum absolute atomic E-state index is 13.2. The highest BCUT2D eigenvalue weighted by atomic mass is 79.9. The Hall–Kier alpha value is -2.02. The molecule has 0 atom stereocenters. The summed E-state index contributed by atoms with van der Waals surface area (Å²) < 4.78 is 1.80. The second kappa shape index (κ2) is 7.31. The van der Waals surface area contributed by atoms with Crippen LogP contribution in [0.4, 0.5) is 5.69 Å². The first-order valence-corrected chi connectivity index (χ1v) is 10.3. The minimum Gasteiger partial charge on any atom is -0.266 e. The molecular formula is C20H12Br2N2OS. The van der Waals surface area contributed by atoms with E-state index in [0.717, 1.165) is 25.1 Å². The van der Waals surface area contributed by atoms with E-state index in [9.17, 15) is 4.79 Å². The molecule has 0 unspecified atom stereocenters. The van der Waals surface area contributed by atoms with E-state index in [0.29, 0.717) is 11.5 Å². The van der Waals surface area contributed by atoms with Gasteiger partial charge in [-0.05, 0) is 41.8 Å². The van der Waals surface area contributed by atoms with E-state index in [-0.39, 0.29) is 5.91 Å². The van der Waals surface area contributed by atoms with E-state index >= 15 is 0 Å². The molecule has 1 aromatic heterocycles. The molecule has 26 heavy (non-hydrogen) atoms. The lowest BCUT2D eigenvalue weighted by Crippen LogP contribution is -2.32. The predicted molar refractivity (Wildman–Crippen MR) is 115 cm³/mol. The number of hydrogen-bond acceptors (Lipinski definition) is 3. The maximum Gasteiger partial charge on any atom is 0.282 e. The van der Waals surface area contributed by atoms with Crippen molar-refractivity contribution < 1.29 is 4.79 Å². The molecule has 0 bridgehead atoms. The van der Waals surface area contributed by atoms with Crippen molar-refractivity contribution in [3.05, 3.63) is 91.1 Å². The first-order chi connectivity index (χ1) is 12.6. The van der Waals surface area contributed by atoms with Crippen LogP contribution in [0.3, 0.4) is 0 Å². The van der Waals surface area contributed by atoms with Gasteiger partial charge in [-0.2, -0.15) is 0 Å². The van der Waals surface area contributed by atoms with Gasteiger partial charge in [0.1, 0.15) is 11.5 Å². The zero-order valence-electron chi connectivity index (χ0n) is 13.4. The lowest BCUT2D eigenvalue weighted by molar-refractivity contribution is -0.113. The highest BCUT2D eigenvalue weighted by molar-refractivity contribution is 9.10. The average molecular weight is 488 g/mol. The van der Waals surface area contributed by atoms with Gasteiger partial charge in [0.15, 0.2) is 0 Å². The van der Waals surface area contributed by atoms with E-state index in [1.165, 1.54) is 0 Å². The van der Waals surface area contributed by atoms with Crippen molar-refractivity contribution in [2.24, 2.45) is 4.99 Å². The summed E-state index contributed by atoms with van der Waals surface area (Å²) in [6.45, 7) is 0. The number of hydrogen-bond donors (Lipinski definition) is 0. The Balaban J connectivity index is 1.87. The fourth-order valence-corrected chi connectivity index (χ4v) is 4.20. The molecule has 128 valence electrons. The summed E-state index contributed by atoms with van der Waals surface area (Å²) in [5.41, 5.74) is 2.07. The van der Waals surface area contributed by atoms with Gasteiger partial charge in [0, 0.05) is 19.4 Å². The summed E-state index contributed by atoms with van der Waals surface area (Å²) in [5.74, 6) is 0.477. The third-order valence-electron chi connectivity index (χ3n) is 3.86. The average Bonchev–Trinajstić information content (AvgIpc) is 3.24. The molecule has 0 radical (unpaired) electrons. The molecule has 3 aromatic rings. The number of carbonyl (C=O) groups excluding carboxylic acids is 1. The van der Waals surface area contributed by atoms with Crippen LogP contribution in [0.25, 0.3) is 6.08 Å². The highest BCUT2D eigenvalue weighted by Crippen LogP contribution is 2.32.